The van der Waals surface area contributed by atoms with Gasteiger partial charge < -0.3 is 5.11 Å². The number of allylic oxidation sites excluding steroid dienone is 1. The number of hydrogen-bond donors (Lipinski definition) is 1. The number of hydrogen-bond acceptors (Lipinski definition) is 1. The lowest BCUT2D eigenvalue weighted by Crippen LogP contribution is -2.19. The number of carbonyl (C=O) groups is 1. The van der Waals surface area contributed by atoms with E-state index in [-0.39, 0.29) is 21.2 Å². The van der Waals surface area contributed by atoms with Crippen molar-refractivity contribution in [3.8, 4) is 0 Å². The third-order valence-corrected chi connectivity index (χ3v) is 4.09. The summed E-state index contributed by atoms with van der Waals surface area (Å²) in [5.41, 5.74) is -3.01. The summed E-state index contributed by atoms with van der Waals surface area (Å²) in [6.45, 7) is 0. The third kappa shape index (κ3) is 5.42. The van der Waals surface area contributed by atoms with Crippen LogP contribution < -0.4 is 0 Å². The smallest absolute Gasteiger partial charge is 0.417 e. The van der Waals surface area contributed by atoms with Gasteiger partial charge in [-0.25, -0.2) is 4.79 Å². The van der Waals surface area contributed by atoms with E-state index in [1.165, 1.54) is 6.07 Å². The predicted octanol–water partition coefficient (Wildman–Crippen LogP) is 7.07. The Bertz CT molecular complexity index is 899. The summed E-state index contributed by atoms with van der Waals surface area (Å²) in [5, 5.41) is 8.79. The summed E-state index contributed by atoms with van der Waals surface area (Å²) in [5.74, 6) is -3.98. The molecule has 2 rings (SSSR count). The third-order valence-electron chi connectivity index (χ3n) is 3.66. The molecule has 0 aliphatic carbocycles. The standard InChI is InChI=1S/C18H10Cl2F6O2/c19-11-6-10(7-12(20)8-11)14(17(21,22)23)4-2-9-1-3-13(16(27)28)15(5-9)18(24,25)26/h1-8,14H,(H,27,28). The molecular weight excluding hydrogens is 433 g/mol. The molecule has 1 N–H and O–H groups in total. The number of carboxylic acids is 1. The highest BCUT2D eigenvalue weighted by Crippen LogP contribution is 2.39. The highest BCUT2D eigenvalue weighted by atomic mass is 35.5. The minimum absolute atomic E-state index is 0.0321. The molecule has 0 aliphatic rings. The molecule has 1 atom stereocenters. The van der Waals surface area contributed by atoms with E-state index < -0.39 is 35.4 Å². The van der Waals surface area contributed by atoms with Crippen LogP contribution in [-0.4, -0.2) is 17.3 Å². The van der Waals surface area contributed by atoms with Gasteiger partial charge in [-0.05, 0) is 41.5 Å². The Kier molecular flexibility index (Phi) is 6.35. The molecule has 0 spiro atoms. The van der Waals surface area contributed by atoms with Crippen molar-refractivity contribution in [2.24, 2.45) is 0 Å². The maximum Gasteiger partial charge on any atom is 0.417 e. The van der Waals surface area contributed by atoms with Crippen molar-refractivity contribution >= 4 is 35.2 Å². The summed E-state index contributed by atoms with van der Waals surface area (Å²) < 4.78 is 79.3. The molecule has 0 radical (unpaired) electrons. The monoisotopic (exact) mass is 442 g/mol. The lowest BCUT2D eigenvalue weighted by molar-refractivity contribution is -0.139. The first kappa shape index (κ1) is 22.1. The number of benzene rings is 2. The zero-order valence-corrected chi connectivity index (χ0v) is 15.1. The second-order valence-electron chi connectivity index (χ2n) is 5.69. The summed E-state index contributed by atoms with van der Waals surface area (Å²) in [6, 6.07) is 5.47. The van der Waals surface area contributed by atoms with Gasteiger partial charge in [0.15, 0.2) is 0 Å². The van der Waals surface area contributed by atoms with E-state index in [4.69, 9.17) is 28.3 Å². The molecule has 2 aromatic rings. The molecule has 0 aliphatic heterocycles. The first-order valence-corrected chi connectivity index (χ1v) is 8.20. The molecule has 1 unspecified atom stereocenters. The molecule has 2 aromatic carbocycles. The van der Waals surface area contributed by atoms with Gasteiger partial charge in [-0.3, -0.25) is 0 Å². The fourth-order valence-electron chi connectivity index (χ4n) is 2.46. The van der Waals surface area contributed by atoms with E-state index in [1.54, 1.807) is 0 Å². The molecular formula is C18H10Cl2F6O2. The number of carboxylic acid groups (broad SMARTS) is 1. The van der Waals surface area contributed by atoms with Gasteiger partial charge in [0, 0.05) is 10.0 Å². The quantitative estimate of drug-likeness (QED) is 0.514. The van der Waals surface area contributed by atoms with Crippen molar-refractivity contribution < 1.29 is 36.2 Å². The Labute approximate surface area is 165 Å². The average molecular weight is 443 g/mol. The zero-order valence-electron chi connectivity index (χ0n) is 13.6. The number of alkyl halides is 6. The molecule has 0 amide bonds. The lowest BCUT2D eigenvalue weighted by atomic mass is 9.96. The van der Waals surface area contributed by atoms with Crippen LogP contribution in [0, 0.1) is 0 Å². The van der Waals surface area contributed by atoms with Gasteiger partial charge in [-0.2, -0.15) is 26.3 Å². The second-order valence-corrected chi connectivity index (χ2v) is 6.56. The van der Waals surface area contributed by atoms with Crippen molar-refractivity contribution in [1.29, 1.82) is 0 Å². The molecule has 150 valence electrons. The van der Waals surface area contributed by atoms with E-state index >= 15 is 0 Å². The summed E-state index contributed by atoms with van der Waals surface area (Å²) in [7, 11) is 0. The van der Waals surface area contributed by atoms with Crippen molar-refractivity contribution in [2.75, 3.05) is 0 Å². The van der Waals surface area contributed by atoms with E-state index in [0.29, 0.717) is 18.2 Å². The highest BCUT2D eigenvalue weighted by Gasteiger charge is 2.39. The zero-order chi connectivity index (χ0) is 21.3. The summed E-state index contributed by atoms with van der Waals surface area (Å²) in [4.78, 5) is 10.9. The molecule has 2 nitrogen and oxygen atoms in total. The maximum absolute atomic E-state index is 13.4. The molecule has 0 saturated heterocycles. The van der Waals surface area contributed by atoms with Crippen molar-refractivity contribution in [3.05, 3.63) is 74.8 Å². The van der Waals surface area contributed by atoms with E-state index in [9.17, 15) is 31.1 Å². The van der Waals surface area contributed by atoms with Crippen LogP contribution in [0.25, 0.3) is 6.08 Å². The van der Waals surface area contributed by atoms with Gasteiger partial charge in [-0.1, -0.05) is 41.4 Å². The van der Waals surface area contributed by atoms with Gasteiger partial charge in [0.05, 0.1) is 17.0 Å². The molecule has 0 heterocycles. The molecule has 0 fully saturated rings. The normalized spacial score (nSPS) is 13.7. The van der Waals surface area contributed by atoms with Gasteiger partial charge in [0.1, 0.15) is 0 Å². The molecule has 0 saturated carbocycles. The highest BCUT2D eigenvalue weighted by molar-refractivity contribution is 6.34. The van der Waals surface area contributed by atoms with Gasteiger partial charge in [0.25, 0.3) is 0 Å². The minimum Gasteiger partial charge on any atom is -0.478 e. The van der Waals surface area contributed by atoms with Crippen LogP contribution in [0.4, 0.5) is 26.3 Å². The second kappa shape index (κ2) is 8.05. The van der Waals surface area contributed by atoms with Crippen molar-refractivity contribution in [3.63, 3.8) is 0 Å². The summed E-state index contributed by atoms with van der Waals surface area (Å²) >= 11 is 11.4. The largest absolute Gasteiger partial charge is 0.478 e. The Morgan fingerprint density at radius 3 is 2.00 bits per heavy atom. The fraction of sp³-hybridized carbons (Fsp3) is 0.167. The number of rotatable bonds is 4. The Balaban J connectivity index is 2.49. The average Bonchev–Trinajstić information content (AvgIpc) is 2.51. The first-order valence-electron chi connectivity index (χ1n) is 7.44. The van der Waals surface area contributed by atoms with Crippen LogP contribution in [0.15, 0.2) is 42.5 Å². The Morgan fingerprint density at radius 2 is 1.54 bits per heavy atom. The van der Waals surface area contributed by atoms with E-state index in [1.807, 2.05) is 0 Å². The van der Waals surface area contributed by atoms with Crippen LogP contribution >= 0.6 is 23.2 Å². The fourth-order valence-corrected chi connectivity index (χ4v) is 3.00. The number of aromatic carboxylic acids is 1. The van der Waals surface area contributed by atoms with Gasteiger partial charge in [-0.15, -0.1) is 0 Å². The van der Waals surface area contributed by atoms with Crippen LogP contribution in [0.3, 0.4) is 0 Å². The topological polar surface area (TPSA) is 37.3 Å². The Morgan fingerprint density at radius 1 is 0.964 bits per heavy atom. The minimum atomic E-state index is -4.98. The van der Waals surface area contributed by atoms with E-state index in [2.05, 4.69) is 0 Å². The van der Waals surface area contributed by atoms with Crippen molar-refractivity contribution in [2.45, 2.75) is 18.3 Å². The van der Waals surface area contributed by atoms with Crippen LogP contribution in [0.2, 0.25) is 10.0 Å². The van der Waals surface area contributed by atoms with Crippen LogP contribution in [0.5, 0.6) is 0 Å². The van der Waals surface area contributed by atoms with Crippen LogP contribution in [0.1, 0.15) is 33.0 Å². The summed E-state index contributed by atoms with van der Waals surface area (Å²) in [6.07, 6.45) is -8.27. The molecule has 0 aromatic heterocycles. The molecule has 28 heavy (non-hydrogen) atoms. The van der Waals surface area contributed by atoms with Crippen LogP contribution in [-0.2, 0) is 6.18 Å². The lowest BCUT2D eigenvalue weighted by Gasteiger charge is -2.18. The molecule has 0 bridgehead atoms. The number of halogens is 8. The Hall–Kier alpha value is -2.19. The molecule has 10 heteroatoms. The van der Waals surface area contributed by atoms with Crippen molar-refractivity contribution in [1.82, 2.24) is 0 Å². The maximum atomic E-state index is 13.4. The predicted molar refractivity (Wildman–Crippen MR) is 92.7 cm³/mol. The van der Waals surface area contributed by atoms with Gasteiger partial charge >= 0.3 is 18.3 Å². The van der Waals surface area contributed by atoms with E-state index in [0.717, 1.165) is 24.3 Å². The first-order chi connectivity index (χ1) is 12.8. The van der Waals surface area contributed by atoms with Gasteiger partial charge in [0.2, 0.25) is 0 Å². The SMILES string of the molecule is O=C(O)c1ccc(C=CC(c2cc(Cl)cc(Cl)c2)C(F)(F)F)cc1C(F)(F)F.